The van der Waals surface area contributed by atoms with Gasteiger partial charge in [0.05, 0.1) is 22.6 Å². The highest BCUT2D eigenvalue weighted by molar-refractivity contribution is 7.89. The van der Waals surface area contributed by atoms with Crippen LogP contribution in [0.2, 0.25) is 5.02 Å². The van der Waals surface area contributed by atoms with Crippen LogP contribution in [0, 0.1) is 5.82 Å². The van der Waals surface area contributed by atoms with Gasteiger partial charge in [-0.3, -0.25) is 4.79 Å². The molecule has 0 unspecified atom stereocenters. The van der Waals surface area contributed by atoms with E-state index in [1.807, 2.05) is 0 Å². The molecular weight excluding hydrogens is 423 g/mol. The molecule has 1 atom stereocenters. The Morgan fingerprint density at radius 3 is 2.52 bits per heavy atom. The molecule has 0 fully saturated rings. The molecule has 2 aromatic rings. The van der Waals surface area contributed by atoms with Gasteiger partial charge in [0.1, 0.15) is 11.6 Å². The number of amides is 1. The molecule has 2 aromatic carbocycles. The van der Waals surface area contributed by atoms with Crippen molar-refractivity contribution in [2.45, 2.75) is 17.9 Å². The zero-order valence-corrected chi connectivity index (χ0v) is 17.5. The zero-order valence-electron chi connectivity index (χ0n) is 15.9. The van der Waals surface area contributed by atoms with Gasteiger partial charge in [-0.25, -0.2) is 17.5 Å². The number of carbonyl (C=O) groups is 1. The van der Waals surface area contributed by atoms with E-state index in [9.17, 15) is 17.6 Å². The normalized spacial score (nSPS) is 12.4. The van der Waals surface area contributed by atoms with Gasteiger partial charge in [0, 0.05) is 13.7 Å². The minimum absolute atomic E-state index is 0.0275. The molecule has 0 saturated heterocycles. The molecule has 0 saturated carbocycles. The Morgan fingerprint density at radius 1 is 1.21 bits per heavy atom. The highest BCUT2D eigenvalue weighted by Gasteiger charge is 2.16. The fraction of sp³-hybridized carbons (Fsp3) is 0.316. The molecule has 0 aromatic heterocycles. The number of halogens is 2. The summed E-state index contributed by atoms with van der Waals surface area (Å²) < 4.78 is 49.9. The van der Waals surface area contributed by atoms with Gasteiger partial charge in [-0.2, -0.15) is 0 Å². The third-order valence-corrected chi connectivity index (χ3v) is 5.67. The van der Waals surface area contributed by atoms with E-state index in [0.717, 1.165) is 5.56 Å². The van der Waals surface area contributed by atoms with Crippen LogP contribution in [0.1, 0.15) is 18.5 Å². The summed E-state index contributed by atoms with van der Waals surface area (Å²) in [6, 6.07) is 9.40. The van der Waals surface area contributed by atoms with Crippen LogP contribution in [0.25, 0.3) is 0 Å². The van der Waals surface area contributed by atoms with Gasteiger partial charge in [0.2, 0.25) is 10.0 Å². The lowest BCUT2D eigenvalue weighted by molar-refractivity contribution is -0.123. The fourth-order valence-corrected chi connectivity index (χ4v) is 3.73. The van der Waals surface area contributed by atoms with Crippen molar-refractivity contribution in [3.8, 4) is 5.75 Å². The van der Waals surface area contributed by atoms with Crippen LogP contribution in [0.15, 0.2) is 47.4 Å². The molecule has 0 spiro atoms. The number of nitrogens with one attached hydrogen (secondary N) is 2. The van der Waals surface area contributed by atoms with E-state index in [1.165, 1.54) is 37.4 Å². The quantitative estimate of drug-likeness (QED) is 0.549. The summed E-state index contributed by atoms with van der Waals surface area (Å²) in [6.45, 7) is 1.80. The second kappa shape index (κ2) is 10.5. The summed E-state index contributed by atoms with van der Waals surface area (Å²) in [4.78, 5) is 12.1. The molecule has 7 nitrogen and oxygen atoms in total. The van der Waals surface area contributed by atoms with Gasteiger partial charge in [0.15, 0.2) is 6.61 Å². The Hall–Kier alpha value is -2.20. The lowest BCUT2D eigenvalue weighted by Crippen LogP contribution is -2.31. The predicted molar refractivity (Wildman–Crippen MR) is 107 cm³/mol. The Bertz CT molecular complexity index is 938. The summed E-state index contributed by atoms with van der Waals surface area (Å²) in [7, 11) is -2.26. The lowest BCUT2D eigenvalue weighted by Gasteiger charge is -2.15. The minimum atomic E-state index is -3.73. The predicted octanol–water partition coefficient (Wildman–Crippen LogP) is 2.66. The molecule has 29 heavy (non-hydrogen) atoms. The third kappa shape index (κ3) is 6.97. The number of sulfonamides is 1. The summed E-state index contributed by atoms with van der Waals surface area (Å²) in [6.07, 6.45) is 0. The molecule has 0 radical (unpaired) electrons. The number of hydrogen-bond donors (Lipinski definition) is 2. The van der Waals surface area contributed by atoms with Crippen molar-refractivity contribution >= 4 is 27.5 Å². The molecule has 2 N–H and O–H groups in total. The van der Waals surface area contributed by atoms with Crippen LogP contribution >= 0.6 is 11.6 Å². The maximum atomic E-state index is 13.0. The molecule has 0 aliphatic heterocycles. The molecular formula is C19H22ClFN2O5S. The number of rotatable bonds is 10. The number of carbonyl (C=O) groups excluding carboxylic acids is 1. The average Bonchev–Trinajstić information content (AvgIpc) is 2.67. The van der Waals surface area contributed by atoms with Crippen molar-refractivity contribution < 1.29 is 27.1 Å². The van der Waals surface area contributed by atoms with E-state index >= 15 is 0 Å². The van der Waals surface area contributed by atoms with Gasteiger partial charge < -0.3 is 14.8 Å². The first kappa shape index (κ1) is 23.1. The standard InChI is InChI=1S/C19H22ClFN2O5S/c1-13(14-3-5-15(21)6-4-14)23-19(24)12-28-18-8-7-16(11-17(18)20)29(25,26)22-9-10-27-2/h3-8,11,13,22H,9-10,12H2,1-2H3,(H,23,24)/t13-/m1/s1. The highest BCUT2D eigenvalue weighted by atomic mass is 35.5. The molecule has 1 amide bonds. The first-order valence-corrected chi connectivity index (χ1v) is 10.5. The topological polar surface area (TPSA) is 93.7 Å². The van der Waals surface area contributed by atoms with Crippen molar-refractivity contribution in [3.63, 3.8) is 0 Å². The first-order valence-electron chi connectivity index (χ1n) is 8.68. The second-order valence-electron chi connectivity index (χ2n) is 6.11. The lowest BCUT2D eigenvalue weighted by atomic mass is 10.1. The Balaban J connectivity index is 1.93. The van der Waals surface area contributed by atoms with Crippen molar-refractivity contribution in [1.82, 2.24) is 10.0 Å². The summed E-state index contributed by atoms with van der Waals surface area (Å²) >= 11 is 6.09. The first-order chi connectivity index (χ1) is 13.7. The molecule has 0 heterocycles. The van der Waals surface area contributed by atoms with Crippen LogP contribution in [0.3, 0.4) is 0 Å². The third-order valence-electron chi connectivity index (χ3n) is 3.92. The Kier molecular flexibility index (Phi) is 8.39. The van der Waals surface area contributed by atoms with Crippen molar-refractivity contribution in [1.29, 1.82) is 0 Å². The maximum absolute atomic E-state index is 13.0. The number of methoxy groups -OCH3 is 1. The van der Waals surface area contributed by atoms with Crippen molar-refractivity contribution in [2.75, 3.05) is 26.9 Å². The van der Waals surface area contributed by atoms with E-state index < -0.39 is 15.9 Å². The van der Waals surface area contributed by atoms with Crippen LogP contribution in [-0.4, -0.2) is 41.2 Å². The Morgan fingerprint density at radius 2 is 1.90 bits per heavy atom. The monoisotopic (exact) mass is 444 g/mol. The molecule has 10 heteroatoms. The average molecular weight is 445 g/mol. The maximum Gasteiger partial charge on any atom is 0.258 e. The van der Waals surface area contributed by atoms with E-state index in [4.69, 9.17) is 21.1 Å². The van der Waals surface area contributed by atoms with E-state index in [1.54, 1.807) is 19.1 Å². The SMILES string of the molecule is COCCNS(=O)(=O)c1ccc(OCC(=O)N[C@H](C)c2ccc(F)cc2)c(Cl)c1. The van der Waals surface area contributed by atoms with Crippen LogP contribution in [-0.2, 0) is 19.6 Å². The summed E-state index contributed by atoms with van der Waals surface area (Å²) in [5.74, 6) is -0.590. The molecule has 0 aliphatic carbocycles. The smallest absolute Gasteiger partial charge is 0.258 e. The molecule has 158 valence electrons. The van der Waals surface area contributed by atoms with Crippen LogP contribution in [0.5, 0.6) is 5.75 Å². The molecule has 2 rings (SSSR count). The van der Waals surface area contributed by atoms with E-state index in [0.29, 0.717) is 0 Å². The van der Waals surface area contributed by atoms with Crippen LogP contribution in [0.4, 0.5) is 4.39 Å². The Labute approximate surface area is 174 Å². The number of hydrogen-bond acceptors (Lipinski definition) is 5. The fourth-order valence-electron chi connectivity index (χ4n) is 2.39. The summed E-state index contributed by atoms with van der Waals surface area (Å²) in [5.41, 5.74) is 0.744. The van der Waals surface area contributed by atoms with Gasteiger partial charge in [-0.15, -0.1) is 0 Å². The number of ether oxygens (including phenoxy) is 2. The molecule has 0 bridgehead atoms. The largest absolute Gasteiger partial charge is 0.482 e. The summed E-state index contributed by atoms with van der Waals surface area (Å²) in [5, 5.41) is 2.78. The van der Waals surface area contributed by atoms with Crippen molar-refractivity contribution in [2.24, 2.45) is 0 Å². The number of benzene rings is 2. The van der Waals surface area contributed by atoms with E-state index in [-0.39, 0.29) is 47.3 Å². The zero-order chi connectivity index (χ0) is 21.4. The molecule has 0 aliphatic rings. The van der Waals surface area contributed by atoms with Gasteiger partial charge >= 0.3 is 0 Å². The van der Waals surface area contributed by atoms with Gasteiger partial charge in [-0.05, 0) is 42.8 Å². The highest BCUT2D eigenvalue weighted by Crippen LogP contribution is 2.27. The van der Waals surface area contributed by atoms with Gasteiger partial charge in [0.25, 0.3) is 5.91 Å². The second-order valence-corrected chi connectivity index (χ2v) is 8.29. The van der Waals surface area contributed by atoms with Gasteiger partial charge in [-0.1, -0.05) is 23.7 Å². The van der Waals surface area contributed by atoms with Crippen molar-refractivity contribution in [3.05, 3.63) is 58.9 Å². The van der Waals surface area contributed by atoms with E-state index in [2.05, 4.69) is 10.0 Å². The van der Waals surface area contributed by atoms with Crippen LogP contribution < -0.4 is 14.8 Å². The minimum Gasteiger partial charge on any atom is -0.482 e.